The van der Waals surface area contributed by atoms with E-state index in [1.54, 1.807) is 25.2 Å². The van der Waals surface area contributed by atoms with Crippen molar-refractivity contribution in [2.75, 3.05) is 5.32 Å². The number of fused-ring (bicyclic) bond motifs is 1. The summed E-state index contributed by atoms with van der Waals surface area (Å²) in [5.74, 6) is 0.625. The molecule has 0 bridgehead atoms. The molecular formula is C19H24N4OS. The van der Waals surface area contributed by atoms with Crippen LogP contribution in [0.4, 0.5) is 5.13 Å². The Bertz CT molecular complexity index is 822. The first-order valence-corrected chi connectivity index (χ1v) is 9.72. The number of hydrogen-bond acceptors (Lipinski definition) is 5. The first-order chi connectivity index (χ1) is 12.0. The summed E-state index contributed by atoms with van der Waals surface area (Å²) in [6, 6.07) is 8.02. The Balaban J connectivity index is 1.41. The number of imidazole rings is 1. The lowest BCUT2D eigenvalue weighted by Gasteiger charge is -2.17. The predicted molar refractivity (Wildman–Crippen MR) is 101 cm³/mol. The largest absolute Gasteiger partial charge is 0.386 e. The summed E-state index contributed by atoms with van der Waals surface area (Å²) in [5, 5.41) is 18.9. The van der Waals surface area contributed by atoms with Crippen molar-refractivity contribution < 1.29 is 5.11 Å². The number of rotatable bonds is 5. The van der Waals surface area contributed by atoms with Crippen molar-refractivity contribution in [2.45, 2.75) is 57.6 Å². The Morgan fingerprint density at radius 2 is 1.96 bits per heavy atom. The number of aliphatic hydroxyl groups is 1. The zero-order valence-corrected chi connectivity index (χ0v) is 15.5. The van der Waals surface area contributed by atoms with Crippen LogP contribution >= 0.6 is 11.3 Å². The fourth-order valence-corrected chi connectivity index (χ4v) is 4.20. The third-order valence-corrected chi connectivity index (χ3v) is 5.82. The summed E-state index contributed by atoms with van der Waals surface area (Å²) in [7, 11) is 0. The van der Waals surface area contributed by atoms with Gasteiger partial charge in [0.1, 0.15) is 0 Å². The molecule has 1 aromatic carbocycles. The van der Waals surface area contributed by atoms with E-state index in [2.05, 4.69) is 16.6 Å². The number of aromatic nitrogens is 3. The van der Waals surface area contributed by atoms with Gasteiger partial charge in [0, 0.05) is 12.5 Å². The highest BCUT2D eigenvalue weighted by Gasteiger charge is 2.21. The zero-order chi connectivity index (χ0) is 17.4. The van der Waals surface area contributed by atoms with Crippen molar-refractivity contribution in [3.8, 4) is 0 Å². The first kappa shape index (κ1) is 16.5. The molecule has 25 heavy (non-hydrogen) atoms. The van der Waals surface area contributed by atoms with Gasteiger partial charge in [0.25, 0.3) is 0 Å². The molecule has 2 heterocycles. The van der Waals surface area contributed by atoms with Crippen LogP contribution in [0.1, 0.15) is 62.3 Å². The Kier molecular flexibility index (Phi) is 4.25. The molecule has 4 rings (SSSR count). The number of hydrogen-bond donors (Lipinski definition) is 2. The summed E-state index contributed by atoms with van der Waals surface area (Å²) in [6.07, 6.45) is 7.25. The zero-order valence-electron chi connectivity index (χ0n) is 14.7. The van der Waals surface area contributed by atoms with Gasteiger partial charge >= 0.3 is 0 Å². The van der Waals surface area contributed by atoms with E-state index in [0.29, 0.717) is 12.5 Å². The molecule has 0 spiro atoms. The minimum Gasteiger partial charge on any atom is -0.386 e. The standard InChI is InChI=1S/C19H24N4OS/c1-19(2,24)15-9-7-13(8-10-15)11-20-17-22-23-12-16(21-18(23)25-17)14-5-3-4-6-14/h7-10,12,14,24H,3-6,11H2,1-2H3,(H,20,22). The van der Waals surface area contributed by atoms with Gasteiger partial charge in [0.15, 0.2) is 0 Å². The Morgan fingerprint density at radius 1 is 1.24 bits per heavy atom. The van der Waals surface area contributed by atoms with Crippen molar-refractivity contribution in [2.24, 2.45) is 0 Å². The minimum atomic E-state index is -0.802. The van der Waals surface area contributed by atoms with Crippen molar-refractivity contribution in [3.05, 3.63) is 47.3 Å². The van der Waals surface area contributed by atoms with Gasteiger partial charge in [0.2, 0.25) is 10.1 Å². The molecule has 0 unspecified atom stereocenters. The third-order valence-electron chi connectivity index (χ3n) is 4.94. The predicted octanol–water partition coefficient (Wildman–Crippen LogP) is 4.29. The highest BCUT2D eigenvalue weighted by atomic mass is 32.1. The van der Waals surface area contributed by atoms with Crippen LogP contribution in [0.25, 0.3) is 4.96 Å². The lowest BCUT2D eigenvalue weighted by atomic mass is 9.97. The molecule has 0 amide bonds. The van der Waals surface area contributed by atoms with E-state index in [4.69, 9.17) is 4.98 Å². The van der Waals surface area contributed by atoms with Crippen molar-refractivity contribution in [1.82, 2.24) is 14.6 Å². The van der Waals surface area contributed by atoms with E-state index in [1.807, 2.05) is 28.8 Å². The molecule has 5 nitrogen and oxygen atoms in total. The van der Waals surface area contributed by atoms with Crippen molar-refractivity contribution in [3.63, 3.8) is 0 Å². The van der Waals surface area contributed by atoms with Crippen LogP contribution in [0.3, 0.4) is 0 Å². The fourth-order valence-electron chi connectivity index (χ4n) is 3.41. The summed E-state index contributed by atoms with van der Waals surface area (Å²) in [6.45, 7) is 4.30. The van der Waals surface area contributed by atoms with E-state index < -0.39 is 5.60 Å². The van der Waals surface area contributed by atoms with Gasteiger partial charge in [-0.2, -0.15) is 0 Å². The van der Waals surface area contributed by atoms with Crippen LogP contribution in [-0.2, 0) is 12.1 Å². The summed E-state index contributed by atoms with van der Waals surface area (Å²) >= 11 is 1.59. The third kappa shape index (κ3) is 3.55. The second kappa shape index (κ2) is 6.42. The Labute approximate surface area is 151 Å². The molecule has 132 valence electrons. The maximum Gasteiger partial charge on any atom is 0.214 e. The molecule has 0 atom stereocenters. The molecule has 0 aliphatic heterocycles. The highest BCUT2D eigenvalue weighted by molar-refractivity contribution is 7.20. The SMILES string of the molecule is CC(C)(O)c1ccc(CNc2nn3cc(C4CCCC4)nc3s2)cc1. The van der Waals surface area contributed by atoms with Crippen molar-refractivity contribution >= 4 is 21.4 Å². The molecule has 1 fully saturated rings. The minimum absolute atomic E-state index is 0.625. The lowest BCUT2D eigenvalue weighted by molar-refractivity contribution is 0.0786. The van der Waals surface area contributed by atoms with E-state index in [-0.39, 0.29) is 0 Å². The van der Waals surface area contributed by atoms with Crippen LogP contribution in [0.5, 0.6) is 0 Å². The average molecular weight is 356 g/mol. The second-order valence-electron chi connectivity index (χ2n) is 7.39. The van der Waals surface area contributed by atoms with Gasteiger partial charge in [0.05, 0.1) is 17.5 Å². The Morgan fingerprint density at radius 3 is 2.60 bits per heavy atom. The van der Waals surface area contributed by atoms with Gasteiger partial charge < -0.3 is 10.4 Å². The molecular weight excluding hydrogens is 332 g/mol. The topological polar surface area (TPSA) is 62.5 Å². The average Bonchev–Trinajstić information content (AvgIpc) is 3.27. The van der Waals surface area contributed by atoms with Gasteiger partial charge in [-0.05, 0) is 37.8 Å². The Hall–Kier alpha value is -1.92. The molecule has 1 saturated carbocycles. The molecule has 0 radical (unpaired) electrons. The lowest BCUT2D eigenvalue weighted by Crippen LogP contribution is -2.15. The van der Waals surface area contributed by atoms with Crippen LogP contribution in [-0.4, -0.2) is 19.7 Å². The van der Waals surface area contributed by atoms with Gasteiger partial charge in [-0.3, -0.25) is 0 Å². The maximum absolute atomic E-state index is 10.0. The van der Waals surface area contributed by atoms with E-state index in [1.165, 1.54) is 31.4 Å². The summed E-state index contributed by atoms with van der Waals surface area (Å²) in [4.78, 5) is 5.72. The molecule has 3 aromatic rings. The summed E-state index contributed by atoms with van der Waals surface area (Å²) in [5.41, 5.74) is 2.48. The van der Waals surface area contributed by atoms with Crippen LogP contribution in [0.2, 0.25) is 0 Å². The normalized spacial score (nSPS) is 16.0. The number of nitrogens with zero attached hydrogens (tertiary/aromatic N) is 3. The molecule has 2 N–H and O–H groups in total. The van der Waals surface area contributed by atoms with E-state index in [0.717, 1.165) is 21.2 Å². The maximum atomic E-state index is 10.0. The number of nitrogens with one attached hydrogen (secondary N) is 1. The smallest absolute Gasteiger partial charge is 0.214 e. The van der Waals surface area contributed by atoms with Gasteiger partial charge in [-0.25, -0.2) is 9.50 Å². The van der Waals surface area contributed by atoms with Crippen LogP contribution in [0, 0.1) is 0 Å². The first-order valence-electron chi connectivity index (χ1n) is 8.91. The van der Waals surface area contributed by atoms with Crippen LogP contribution in [0.15, 0.2) is 30.5 Å². The molecule has 1 aliphatic carbocycles. The van der Waals surface area contributed by atoms with E-state index in [9.17, 15) is 5.11 Å². The quantitative estimate of drug-likeness (QED) is 0.716. The van der Waals surface area contributed by atoms with Gasteiger partial charge in [-0.1, -0.05) is 48.4 Å². The van der Waals surface area contributed by atoms with Crippen molar-refractivity contribution in [1.29, 1.82) is 0 Å². The van der Waals surface area contributed by atoms with Gasteiger partial charge in [-0.15, -0.1) is 5.10 Å². The number of benzene rings is 1. The molecule has 6 heteroatoms. The molecule has 2 aromatic heterocycles. The van der Waals surface area contributed by atoms with Crippen LogP contribution < -0.4 is 5.32 Å². The summed E-state index contributed by atoms with van der Waals surface area (Å²) < 4.78 is 1.90. The molecule has 0 saturated heterocycles. The molecule has 1 aliphatic rings. The highest BCUT2D eigenvalue weighted by Crippen LogP contribution is 2.34. The van der Waals surface area contributed by atoms with E-state index >= 15 is 0 Å². The fraction of sp³-hybridized carbons (Fsp3) is 0.474. The monoisotopic (exact) mass is 356 g/mol. The second-order valence-corrected chi connectivity index (χ2v) is 8.35. The number of anilines is 1.